The van der Waals surface area contributed by atoms with E-state index in [4.69, 9.17) is 4.42 Å². The minimum atomic E-state index is -0.179. The summed E-state index contributed by atoms with van der Waals surface area (Å²) >= 11 is 2.88. The number of thiazole rings is 1. The number of rotatable bonds is 8. The van der Waals surface area contributed by atoms with Crippen LogP contribution in [0.3, 0.4) is 0 Å². The molecule has 1 atom stereocenters. The van der Waals surface area contributed by atoms with Gasteiger partial charge in [0.15, 0.2) is 16.7 Å². The Balaban J connectivity index is 1.36. The van der Waals surface area contributed by atoms with Gasteiger partial charge in [-0.1, -0.05) is 11.8 Å². The Morgan fingerprint density at radius 1 is 1.30 bits per heavy atom. The van der Waals surface area contributed by atoms with Crippen LogP contribution in [0, 0.1) is 0 Å². The molecule has 0 bridgehead atoms. The van der Waals surface area contributed by atoms with E-state index in [1.54, 1.807) is 18.7 Å². The van der Waals surface area contributed by atoms with Gasteiger partial charge >= 0.3 is 0 Å². The molecule has 1 amide bonds. The summed E-state index contributed by atoms with van der Waals surface area (Å²) in [6, 6.07) is 7.30. The number of furan rings is 1. The zero-order valence-corrected chi connectivity index (χ0v) is 18.1. The van der Waals surface area contributed by atoms with Gasteiger partial charge in [-0.05, 0) is 38.1 Å². The minimum Gasteiger partial charge on any atom is -0.461 e. The maximum atomic E-state index is 12.5. The molecule has 8 nitrogen and oxygen atoms in total. The number of aromatic nitrogens is 5. The molecule has 30 heavy (non-hydrogen) atoms. The first-order valence-electron chi connectivity index (χ1n) is 9.40. The Morgan fingerprint density at radius 3 is 2.87 bits per heavy atom. The summed E-state index contributed by atoms with van der Waals surface area (Å²) in [4.78, 5) is 21.1. The van der Waals surface area contributed by atoms with E-state index < -0.39 is 0 Å². The van der Waals surface area contributed by atoms with E-state index in [2.05, 4.69) is 25.5 Å². The van der Waals surface area contributed by atoms with E-state index in [0.29, 0.717) is 23.3 Å². The van der Waals surface area contributed by atoms with E-state index in [-0.39, 0.29) is 17.7 Å². The number of hydrogen-bond donors (Lipinski definition) is 1. The average molecular weight is 441 g/mol. The molecule has 4 aromatic heterocycles. The van der Waals surface area contributed by atoms with Crippen molar-refractivity contribution in [2.75, 3.05) is 5.75 Å². The molecule has 0 aliphatic heterocycles. The molecule has 4 rings (SSSR count). The third-order valence-corrected chi connectivity index (χ3v) is 6.35. The molecule has 0 aliphatic carbocycles. The van der Waals surface area contributed by atoms with Crippen LogP contribution in [0.15, 0.2) is 57.9 Å². The highest BCUT2D eigenvalue weighted by atomic mass is 32.2. The van der Waals surface area contributed by atoms with Crippen LogP contribution in [-0.2, 0) is 11.3 Å². The molecule has 0 saturated carbocycles. The number of nitrogens with one attached hydrogen (secondary N) is 1. The molecule has 10 heteroatoms. The Labute approximate surface area is 181 Å². The number of nitrogens with zero attached hydrogens (tertiary/aromatic N) is 5. The second-order valence-electron chi connectivity index (χ2n) is 6.41. The van der Waals surface area contributed by atoms with Gasteiger partial charge in [0, 0.05) is 29.9 Å². The van der Waals surface area contributed by atoms with Crippen molar-refractivity contribution in [2.45, 2.75) is 31.6 Å². The number of thioether (sulfide) groups is 1. The van der Waals surface area contributed by atoms with E-state index in [1.807, 2.05) is 48.1 Å². The molecule has 1 N–H and O–H groups in total. The fourth-order valence-corrected chi connectivity index (χ4v) is 4.53. The van der Waals surface area contributed by atoms with Crippen LogP contribution in [0.1, 0.15) is 24.9 Å². The Kier molecular flexibility index (Phi) is 6.24. The van der Waals surface area contributed by atoms with Gasteiger partial charge in [0.2, 0.25) is 5.91 Å². The molecule has 0 spiro atoms. The van der Waals surface area contributed by atoms with Gasteiger partial charge in [-0.2, -0.15) is 0 Å². The van der Waals surface area contributed by atoms with Crippen molar-refractivity contribution in [2.24, 2.45) is 0 Å². The average Bonchev–Trinajstić information content (AvgIpc) is 3.53. The van der Waals surface area contributed by atoms with Gasteiger partial charge in [-0.15, -0.1) is 21.5 Å². The summed E-state index contributed by atoms with van der Waals surface area (Å²) in [5.41, 5.74) is 1.89. The first kappa shape index (κ1) is 20.3. The summed E-state index contributed by atoms with van der Waals surface area (Å²) in [6.07, 6.45) is 5.08. The molecule has 0 aromatic carbocycles. The highest BCUT2D eigenvalue weighted by Gasteiger charge is 2.18. The van der Waals surface area contributed by atoms with Gasteiger partial charge in [0.25, 0.3) is 0 Å². The first-order valence-corrected chi connectivity index (χ1v) is 11.3. The van der Waals surface area contributed by atoms with Crippen molar-refractivity contribution in [1.82, 2.24) is 30.0 Å². The summed E-state index contributed by atoms with van der Waals surface area (Å²) < 4.78 is 7.35. The SMILES string of the molecule is CCn1c(SCC(=O)NC(C)c2nc(-c3ccncc3)cs2)nnc1-c1ccco1. The van der Waals surface area contributed by atoms with Crippen molar-refractivity contribution >= 4 is 29.0 Å². The Morgan fingerprint density at radius 2 is 2.13 bits per heavy atom. The lowest BCUT2D eigenvalue weighted by Gasteiger charge is -2.11. The molecule has 154 valence electrons. The zero-order valence-electron chi connectivity index (χ0n) is 16.5. The smallest absolute Gasteiger partial charge is 0.231 e. The Hall–Kier alpha value is -2.98. The topological polar surface area (TPSA) is 98.7 Å². The van der Waals surface area contributed by atoms with Crippen molar-refractivity contribution in [3.63, 3.8) is 0 Å². The lowest BCUT2D eigenvalue weighted by Crippen LogP contribution is -2.28. The first-order chi connectivity index (χ1) is 14.7. The third kappa shape index (κ3) is 4.44. The van der Waals surface area contributed by atoms with Crippen LogP contribution < -0.4 is 5.32 Å². The molecule has 0 saturated heterocycles. The fraction of sp³-hybridized carbons (Fsp3) is 0.250. The number of carbonyl (C=O) groups excluding carboxylic acids is 1. The van der Waals surface area contributed by atoms with Crippen LogP contribution in [0.2, 0.25) is 0 Å². The van der Waals surface area contributed by atoms with Gasteiger partial charge in [0.1, 0.15) is 5.01 Å². The van der Waals surface area contributed by atoms with Gasteiger partial charge in [-0.3, -0.25) is 14.3 Å². The molecular formula is C20H20N6O2S2. The van der Waals surface area contributed by atoms with Crippen molar-refractivity contribution in [3.05, 3.63) is 53.3 Å². The molecular weight excluding hydrogens is 420 g/mol. The summed E-state index contributed by atoms with van der Waals surface area (Å²) in [6.45, 7) is 4.62. The molecule has 0 aliphatic rings. The highest BCUT2D eigenvalue weighted by molar-refractivity contribution is 7.99. The summed E-state index contributed by atoms with van der Waals surface area (Å²) in [5.74, 6) is 1.47. The predicted octanol–water partition coefficient (Wildman–Crippen LogP) is 4.05. The van der Waals surface area contributed by atoms with Crippen molar-refractivity contribution in [3.8, 4) is 22.8 Å². The van der Waals surface area contributed by atoms with Gasteiger partial charge in [-0.25, -0.2) is 4.98 Å². The summed E-state index contributed by atoms with van der Waals surface area (Å²) in [5, 5.41) is 14.9. The monoisotopic (exact) mass is 440 g/mol. The van der Waals surface area contributed by atoms with Crippen LogP contribution in [0.4, 0.5) is 0 Å². The lowest BCUT2D eigenvalue weighted by molar-refractivity contribution is -0.119. The molecule has 4 heterocycles. The van der Waals surface area contributed by atoms with Crippen LogP contribution in [-0.4, -0.2) is 36.4 Å². The number of hydrogen-bond acceptors (Lipinski definition) is 8. The standard InChI is InChI=1S/C20H20N6O2S2/c1-3-26-18(16-5-4-10-28-16)24-25-20(26)30-12-17(27)22-13(2)19-23-15(11-29-19)14-6-8-21-9-7-14/h4-11,13H,3,12H2,1-2H3,(H,22,27). The van der Waals surface area contributed by atoms with E-state index in [9.17, 15) is 4.79 Å². The van der Waals surface area contributed by atoms with Crippen LogP contribution in [0.25, 0.3) is 22.8 Å². The fourth-order valence-electron chi connectivity index (χ4n) is 2.89. The van der Waals surface area contributed by atoms with Crippen molar-refractivity contribution < 1.29 is 9.21 Å². The Bertz CT molecular complexity index is 1110. The molecule has 4 aromatic rings. The highest BCUT2D eigenvalue weighted by Crippen LogP contribution is 2.26. The lowest BCUT2D eigenvalue weighted by atomic mass is 10.2. The largest absolute Gasteiger partial charge is 0.461 e. The number of pyridine rings is 1. The van der Waals surface area contributed by atoms with Gasteiger partial charge in [0.05, 0.1) is 23.8 Å². The van der Waals surface area contributed by atoms with Crippen LogP contribution in [0.5, 0.6) is 0 Å². The normalized spacial score (nSPS) is 12.1. The predicted molar refractivity (Wildman–Crippen MR) is 116 cm³/mol. The zero-order chi connectivity index (χ0) is 20.9. The number of amides is 1. The second kappa shape index (κ2) is 9.23. The summed E-state index contributed by atoms with van der Waals surface area (Å²) in [7, 11) is 0. The van der Waals surface area contributed by atoms with Crippen molar-refractivity contribution in [1.29, 1.82) is 0 Å². The minimum absolute atomic E-state index is 0.0848. The third-order valence-electron chi connectivity index (χ3n) is 4.35. The van der Waals surface area contributed by atoms with Gasteiger partial charge < -0.3 is 9.73 Å². The quantitative estimate of drug-likeness (QED) is 0.413. The van der Waals surface area contributed by atoms with E-state index >= 15 is 0 Å². The number of carbonyl (C=O) groups is 1. The maximum Gasteiger partial charge on any atom is 0.231 e. The molecule has 0 fully saturated rings. The second-order valence-corrected chi connectivity index (χ2v) is 8.24. The molecule has 0 radical (unpaired) electrons. The van der Waals surface area contributed by atoms with E-state index in [1.165, 1.54) is 23.1 Å². The van der Waals surface area contributed by atoms with E-state index in [0.717, 1.165) is 16.3 Å². The van der Waals surface area contributed by atoms with Crippen LogP contribution >= 0.6 is 23.1 Å². The maximum absolute atomic E-state index is 12.5. The molecule has 1 unspecified atom stereocenters.